The highest BCUT2D eigenvalue weighted by Crippen LogP contribution is 2.33. The molecule has 0 radical (unpaired) electrons. The molecule has 0 saturated heterocycles. The van der Waals surface area contributed by atoms with Crippen LogP contribution in [-0.2, 0) is 19.0 Å². The predicted molar refractivity (Wildman–Crippen MR) is 105 cm³/mol. The van der Waals surface area contributed by atoms with Gasteiger partial charge in [0.2, 0.25) is 6.29 Å². The first-order chi connectivity index (χ1) is 13.7. The fraction of sp³-hybridized carbons (Fsp3) is 0.350. The normalized spacial score (nSPS) is 19.0. The minimum atomic E-state index is -0.599. The quantitative estimate of drug-likeness (QED) is 0.438. The van der Waals surface area contributed by atoms with Gasteiger partial charge in [-0.05, 0) is 40.6 Å². The summed E-state index contributed by atoms with van der Waals surface area (Å²) in [4.78, 5) is 12.7. The Balaban J connectivity index is 1.68. The molecule has 8 heteroatoms. The van der Waals surface area contributed by atoms with Crippen molar-refractivity contribution < 1.29 is 29.2 Å². The lowest BCUT2D eigenvalue weighted by Crippen LogP contribution is -2.30. The molecule has 1 amide bonds. The molecule has 1 aromatic carbocycles. The van der Waals surface area contributed by atoms with Crippen LogP contribution in [0.5, 0.6) is 5.75 Å². The minimum Gasteiger partial charge on any atom is -0.506 e. The zero-order valence-electron chi connectivity index (χ0n) is 15.2. The van der Waals surface area contributed by atoms with E-state index in [0.29, 0.717) is 18.7 Å². The van der Waals surface area contributed by atoms with Crippen LogP contribution in [0.4, 0.5) is 5.69 Å². The molecular weight excluding hydrogens is 382 g/mol. The van der Waals surface area contributed by atoms with Gasteiger partial charge in [0.15, 0.2) is 5.76 Å². The van der Waals surface area contributed by atoms with Gasteiger partial charge in [0.1, 0.15) is 5.75 Å². The van der Waals surface area contributed by atoms with Crippen molar-refractivity contribution in [3.05, 3.63) is 58.5 Å². The molecule has 0 fully saturated rings. The summed E-state index contributed by atoms with van der Waals surface area (Å²) in [7, 11) is 0. The van der Waals surface area contributed by atoms with Crippen molar-refractivity contribution in [1.29, 1.82) is 0 Å². The van der Waals surface area contributed by atoms with E-state index in [-0.39, 0.29) is 37.2 Å². The summed E-state index contributed by atoms with van der Waals surface area (Å²) in [6.07, 6.45) is 1.75. The fourth-order valence-electron chi connectivity index (χ4n) is 2.81. The van der Waals surface area contributed by atoms with Gasteiger partial charge in [0, 0.05) is 12.3 Å². The summed E-state index contributed by atoms with van der Waals surface area (Å²) < 4.78 is 16.6. The number of rotatable bonds is 9. The third-order valence-electron chi connectivity index (χ3n) is 4.17. The van der Waals surface area contributed by atoms with Crippen LogP contribution < -0.4 is 5.32 Å². The van der Waals surface area contributed by atoms with Crippen LogP contribution in [0.3, 0.4) is 0 Å². The molecule has 1 aliphatic heterocycles. The van der Waals surface area contributed by atoms with E-state index in [1.807, 2.05) is 16.8 Å². The third kappa shape index (κ3) is 5.56. The maximum absolute atomic E-state index is 12.7. The van der Waals surface area contributed by atoms with Crippen molar-refractivity contribution in [3.8, 4) is 5.75 Å². The van der Waals surface area contributed by atoms with E-state index in [1.165, 1.54) is 6.07 Å². The third-order valence-corrected chi connectivity index (χ3v) is 4.87. The Bertz CT molecular complexity index is 792. The van der Waals surface area contributed by atoms with Crippen LogP contribution in [0.1, 0.15) is 17.9 Å². The maximum Gasteiger partial charge on any atom is 0.290 e. The summed E-state index contributed by atoms with van der Waals surface area (Å²) in [6.45, 7) is 0.822. The Morgan fingerprint density at radius 2 is 2.11 bits per heavy atom. The number of carbonyl (C=O) groups is 1. The Kier molecular flexibility index (Phi) is 7.44. The molecule has 2 aromatic rings. The number of phenolic OH excluding ortho intramolecular Hbond substituents is 1. The van der Waals surface area contributed by atoms with Gasteiger partial charge in [-0.15, -0.1) is 0 Å². The minimum absolute atomic E-state index is 0.0181. The Labute approximate surface area is 167 Å². The number of phenols is 1. The van der Waals surface area contributed by atoms with Gasteiger partial charge < -0.3 is 29.7 Å². The molecule has 3 rings (SSSR count). The lowest BCUT2D eigenvalue weighted by molar-refractivity contribution is -0.148. The lowest BCUT2D eigenvalue weighted by atomic mass is 9.95. The monoisotopic (exact) mass is 405 g/mol. The molecular formula is C20H23NO6S. The predicted octanol–water partition coefficient (Wildman–Crippen LogP) is 2.83. The molecule has 28 heavy (non-hydrogen) atoms. The Morgan fingerprint density at radius 1 is 1.25 bits per heavy atom. The van der Waals surface area contributed by atoms with Crippen molar-refractivity contribution in [1.82, 2.24) is 0 Å². The number of aliphatic hydroxyl groups is 1. The van der Waals surface area contributed by atoms with Crippen molar-refractivity contribution in [2.24, 2.45) is 0 Å². The van der Waals surface area contributed by atoms with Crippen molar-refractivity contribution >= 4 is 22.9 Å². The summed E-state index contributed by atoms with van der Waals surface area (Å²) in [6, 6.07) is 8.52. The molecule has 2 heterocycles. The largest absolute Gasteiger partial charge is 0.506 e. The lowest BCUT2D eigenvalue weighted by Gasteiger charge is -2.29. The highest BCUT2D eigenvalue weighted by Gasteiger charge is 2.29. The van der Waals surface area contributed by atoms with Crippen LogP contribution in [0, 0.1) is 0 Å². The zero-order valence-corrected chi connectivity index (χ0v) is 16.1. The molecule has 7 nitrogen and oxygen atoms in total. The molecule has 2 atom stereocenters. The van der Waals surface area contributed by atoms with E-state index in [9.17, 15) is 9.90 Å². The number of para-hydroxylation sites is 2. The topological polar surface area (TPSA) is 97.3 Å². The fourth-order valence-corrected chi connectivity index (χ4v) is 3.53. The van der Waals surface area contributed by atoms with Crippen molar-refractivity contribution in [2.75, 3.05) is 31.7 Å². The Morgan fingerprint density at radius 3 is 2.86 bits per heavy atom. The Hall–Kier alpha value is -2.39. The van der Waals surface area contributed by atoms with Crippen molar-refractivity contribution in [2.45, 2.75) is 18.6 Å². The number of ether oxygens (including phenoxy) is 3. The SMILES string of the molecule is O=C(Nc1ccccc1O)C1=CC(c2ccsc2)CC(OCCOCCO)O1. The van der Waals surface area contributed by atoms with Gasteiger partial charge in [-0.25, -0.2) is 0 Å². The van der Waals surface area contributed by atoms with Crippen LogP contribution in [0.15, 0.2) is 52.9 Å². The summed E-state index contributed by atoms with van der Waals surface area (Å²) in [5.74, 6) is -0.345. The first-order valence-electron chi connectivity index (χ1n) is 8.97. The molecule has 3 N–H and O–H groups in total. The standard InChI is InChI=1S/C20H23NO6S/c22-6-7-25-8-9-26-19-12-15(14-5-10-28-13-14)11-18(27-19)20(24)21-16-3-1-2-4-17(16)23/h1-5,10-11,13,15,19,22-23H,6-9,12H2,(H,21,24). The first-order valence-corrected chi connectivity index (χ1v) is 9.91. The van der Waals surface area contributed by atoms with Crippen LogP contribution in [0.2, 0.25) is 0 Å². The molecule has 0 aliphatic carbocycles. The second kappa shape index (κ2) is 10.2. The number of hydrogen-bond donors (Lipinski definition) is 3. The number of carbonyl (C=O) groups excluding carboxylic acids is 1. The average molecular weight is 405 g/mol. The van der Waals surface area contributed by atoms with E-state index in [2.05, 4.69) is 5.32 Å². The van der Waals surface area contributed by atoms with Gasteiger partial charge in [0.05, 0.1) is 32.1 Å². The zero-order chi connectivity index (χ0) is 19.8. The summed E-state index contributed by atoms with van der Waals surface area (Å²) in [5.41, 5.74) is 1.40. The van der Waals surface area contributed by atoms with Gasteiger partial charge in [-0.3, -0.25) is 4.79 Å². The number of nitrogens with one attached hydrogen (secondary N) is 1. The second-order valence-corrected chi connectivity index (χ2v) is 6.94. The number of hydrogen-bond acceptors (Lipinski definition) is 7. The molecule has 0 saturated carbocycles. The number of aromatic hydroxyl groups is 1. The van der Waals surface area contributed by atoms with Gasteiger partial charge in [-0.1, -0.05) is 12.1 Å². The van der Waals surface area contributed by atoms with Crippen molar-refractivity contribution in [3.63, 3.8) is 0 Å². The second-order valence-electron chi connectivity index (χ2n) is 6.16. The van der Waals surface area contributed by atoms with E-state index in [4.69, 9.17) is 19.3 Å². The van der Waals surface area contributed by atoms with E-state index < -0.39 is 12.2 Å². The van der Waals surface area contributed by atoms with Crippen LogP contribution in [0.25, 0.3) is 0 Å². The highest BCUT2D eigenvalue weighted by atomic mass is 32.1. The van der Waals surface area contributed by atoms with E-state index >= 15 is 0 Å². The number of amides is 1. The maximum atomic E-state index is 12.7. The summed E-state index contributed by atoms with van der Waals surface area (Å²) in [5, 5.41) is 25.3. The van der Waals surface area contributed by atoms with Gasteiger partial charge in [0.25, 0.3) is 5.91 Å². The molecule has 1 aromatic heterocycles. The van der Waals surface area contributed by atoms with Gasteiger partial charge >= 0.3 is 0 Å². The highest BCUT2D eigenvalue weighted by molar-refractivity contribution is 7.08. The smallest absolute Gasteiger partial charge is 0.290 e. The summed E-state index contributed by atoms with van der Waals surface area (Å²) >= 11 is 1.59. The van der Waals surface area contributed by atoms with E-state index in [1.54, 1.807) is 35.6 Å². The number of allylic oxidation sites excluding steroid dienone is 1. The van der Waals surface area contributed by atoms with E-state index in [0.717, 1.165) is 5.56 Å². The van der Waals surface area contributed by atoms with Gasteiger partial charge in [-0.2, -0.15) is 11.3 Å². The number of benzene rings is 1. The van der Waals surface area contributed by atoms with Crippen LogP contribution >= 0.6 is 11.3 Å². The van der Waals surface area contributed by atoms with Crippen LogP contribution in [-0.4, -0.2) is 48.8 Å². The first kappa shape index (κ1) is 20.3. The molecule has 0 spiro atoms. The number of aliphatic hydroxyl groups excluding tert-OH is 1. The molecule has 0 bridgehead atoms. The molecule has 1 aliphatic rings. The number of thiophene rings is 1. The average Bonchev–Trinajstić information content (AvgIpc) is 3.24. The molecule has 2 unspecified atom stereocenters. The molecule has 150 valence electrons. The number of anilines is 1.